The highest BCUT2D eigenvalue weighted by molar-refractivity contribution is 6.04. The third-order valence-corrected chi connectivity index (χ3v) is 2.41. The Labute approximate surface area is 108 Å². The van der Waals surface area contributed by atoms with Gasteiger partial charge < -0.3 is 15.2 Å². The molecule has 6 heteroatoms. The van der Waals surface area contributed by atoms with E-state index in [-0.39, 0.29) is 22.9 Å². The van der Waals surface area contributed by atoms with E-state index in [1.165, 1.54) is 37.4 Å². The van der Waals surface area contributed by atoms with E-state index in [9.17, 15) is 14.3 Å². The number of aromatic nitrogens is 1. The van der Waals surface area contributed by atoms with Gasteiger partial charge in [0.25, 0.3) is 5.91 Å². The molecule has 19 heavy (non-hydrogen) atoms. The zero-order chi connectivity index (χ0) is 13.8. The molecule has 0 aliphatic heterocycles. The summed E-state index contributed by atoms with van der Waals surface area (Å²) in [4.78, 5) is 15.6. The van der Waals surface area contributed by atoms with Crippen LogP contribution in [0.4, 0.5) is 10.2 Å². The summed E-state index contributed by atoms with van der Waals surface area (Å²) in [5, 5.41) is 12.1. The fourth-order valence-corrected chi connectivity index (χ4v) is 1.47. The van der Waals surface area contributed by atoms with Gasteiger partial charge in [-0.25, -0.2) is 9.37 Å². The van der Waals surface area contributed by atoms with Crippen molar-refractivity contribution >= 4 is 11.7 Å². The molecule has 1 aromatic carbocycles. The zero-order valence-electron chi connectivity index (χ0n) is 10.1. The molecule has 0 aliphatic carbocycles. The van der Waals surface area contributed by atoms with E-state index < -0.39 is 11.7 Å². The highest BCUT2D eigenvalue weighted by Gasteiger charge is 2.10. The van der Waals surface area contributed by atoms with Gasteiger partial charge in [0, 0.05) is 5.56 Å². The molecule has 2 rings (SSSR count). The average Bonchev–Trinajstić information content (AvgIpc) is 2.41. The van der Waals surface area contributed by atoms with Crippen LogP contribution in [0.25, 0.3) is 0 Å². The predicted octanol–water partition coefficient (Wildman–Crippen LogP) is 2.19. The lowest BCUT2D eigenvalue weighted by Gasteiger charge is -2.07. The molecule has 0 spiro atoms. The molecule has 1 amide bonds. The number of methoxy groups -OCH3 is 1. The first kappa shape index (κ1) is 12.8. The Balaban J connectivity index is 2.16. The van der Waals surface area contributed by atoms with Crippen molar-refractivity contribution in [3.8, 4) is 11.5 Å². The number of hydrogen-bond donors (Lipinski definition) is 2. The standard InChI is InChI=1S/C13H11FN2O3/c1-19-11-4-2-8(6-10(11)17)13(18)16-12-5-3-9(14)7-15-12/h2-7,17H,1H3,(H,15,16,18). The normalized spacial score (nSPS) is 10.0. The van der Waals surface area contributed by atoms with Gasteiger partial charge in [0.05, 0.1) is 13.3 Å². The Kier molecular flexibility index (Phi) is 3.61. The van der Waals surface area contributed by atoms with Gasteiger partial charge in [-0.1, -0.05) is 0 Å². The summed E-state index contributed by atoms with van der Waals surface area (Å²) >= 11 is 0. The van der Waals surface area contributed by atoms with Crippen LogP contribution in [0.1, 0.15) is 10.4 Å². The summed E-state index contributed by atoms with van der Waals surface area (Å²) in [5.74, 6) is -0.586. The van der Waals surface area contributed by atoms with Crippen molar-refractivity contribution in [2.45, 2.75) is 0 Å². The Bertz CT molecular complexity index is 599. The van der Waals surface area contributed by atoms with Crippen molar-refractivity contribution in [1.29, 1.82) is 0 Å². The molecule has 2 N–H and O–H groups in total. The van der Waals surface area contributed by atoms with Crippen LogP contribution < -0.4 is 10.1 Å². The minimum atomic E-state index is -0.486. The van der Waals surface area contributed by atoms with Crippen LogP contribution in [0.2, 0.25) is 0 Å². The molecule has 0 saturated heterocycles. The van der Waals surface area contributed by atoms with Gasteiger partial charge >= 0.3 is 0 Å². The quantitative estimate of drug-likeness (QED) is 0.889. The molecule has 0 saturated carbocycles. The fraction of sp³-hybridized carbons (Fsp3) is 0.0769. The molecule has 98 valence electrons. The van der Waals surface area contributed by atoms with E-state index >= 15 is 0 Å². The van der Waals surface area contributed by atoms with Gasteiger partial charge in [-0.15, -0.1) is 0 Å². The van der Waals surface area contributed by atoms with Gasteiger partial charge in [0.1, 0.15) is 11.6 Å². The number of aromatic hydroxyl groups is 1. The van der Waals surface area contributed by atoms with Gasteiger partial charge in [0.2, 0.25) is 0 Å². The van der Waals surface area contributed by atoms with Crippen LogP contribution in [-0.4, -0.2) is 23.1 Å². The maximum Gasteiger partial charge on any atom is 0.256 e. The van der Waals surface area contributed by atoms with Crippen molar-refractivity contribution < 1.29 is 19.0 Å². The number of amides is 1. The summed E-state index contributed by atoms with van der Waals surface area (Å²) in [6.45, 7) is 0. The molecule has 0 unspecified atom stereocenters. The number of anilines is 1. The Morgan fingerprint density at radius 1 is 1.37 bits per heavy atom. The highest BCUT2D eigenvalue weighted by Crippen LogP contribution is 2.26. The number of phenols is 1. The summed E-state index contributed by atoms with van der Waals surface area (Å²) in [6, 6.07) is 6.78. The number of halogens is 1. The van der Waals surface area contributed by atoms with E-state index in [1.54, 1.807) is 0 Å². The molecule has 0 aliphatic rings. The summed E-state index contributed by atoms with van der Waals surface area (Å²) < 4.78 is 17.5. The fourth-order valence-electron chi connectivity index (χ4n) is 1.47. The number of hydrogen-bond acceptors (Lipinski definition) is 4. The van der Waals surface area contributed by atoms with E-state index in [2.05, 4.69) is 10.3 Å². The van der Waals surface area contributed by atoms with Crippen LogP contribution in [0.5, 0.6) is 11.5 Å². The van der Waals surface area contributed by atoms with Crippen molar-refractivity contribution in [1.82, 2.24) is 4.98 Å². The smallest absolute Gasteiger partial charge is 0.256 e. The number of rotatable bonds is 3. The predicted molar refractivity (Wildman–Crippen MR) is 66.8 cm³/mol. The van der Waals surface area contributed by atoms with E-state index in [4.69, 9.17) is 4.74 Å². The molecule has 1 heterocycles. The number of carbonyl (C=O) groups is 1. The Morgan fingerprint density at radius 2 is 2.16 bits per heavy atom. The van der Waals surface area contributed by atoms with Crippen LogP contribution >= 0.6 is 0 Å². The number of ether oxygens (including phenoxy) is 1. The topological polar surface area (TPSA) is 71.5 Å². The van der Waals surface area contributed by atoms with Crippen molar-refractivity contribution in [2.24, 2.45) is 0 Å². The number of nitrogens with one attached hydrogen (secondary N) is 1. The van der Waals surface area contributed by atoms with Crippen LogP contribution in [0, 0.1) is 5.82 Å². The number of nitrogens with zero attached hydrogens (tertiary/aromatic N) is 1. The first-order valence-electron chi connectivity index (χ1n) is 5.40. The first-order chi connectivity index (χ1) is 9.10. The van der Waals surface area contributed by atoms with Gasteiger partial charge in [0.15, 0.2) is 11.5 Å². The average molecular weight is 262 g/mol. The monoisotopic (exact) mass is 262 g/mol. The molecule has 0 bridgehead atoms. The molecule has 0 atom stereocenters. The summed E-state index contributed by atoms with van der Waals surface area (Å²) in [6.07, 6.45) is 1.00. The largest absolute Gasteiger partial charge is 0.504 e. The highest BCUT2D eigenvalue weighted by atomic mass is 19.1. The van der Waals surface area contributed by atoms with Crippen molar-refractivity contribution in [3.63, 3.8) is 0 Å². The van der Waals surface area contributed by atoms with Gasteiger partial charge in [-0.3, -0.25) is 4.79 Å². The minimum Gasteiger partial charge on any atom is -0.504 e. The zero-order valence-corrected chi connectivity index (χ0v) is 10.1. The summed E-state index contributed by atoms with van der Waals surface area (Å²) in [7, 11) is 1.41. The van der Waals surface area contributed by atoms with Crippen LogP contribution in [0.15, 0.2) is 36.5 Å². The van der Waals surface area contributed by atoms with Crippen LogP contribution in [0.3, 0.4) is 0 Å². The molecule has 5 nitrogen and oxygen atoms in total. The SMILES string of the molecule is COc1ccc(C(=O)Nc2ccc(F)cn2)cc1O. The van der Waals surface area contributed by atoms with E-state index in [1.807, 2.05) is 0 Å². The molecular formula is C13H11FN2O3. The van der Waals surface area contributed by atoms with Crippen molar-refractivity contribution in [3.05, 3.63) is 47.9 Å². The lowest BCUT2D eigenvalue weighted by atomic mass is 10.2. The Hall–Kier alpha value is -2.63. The number of benzene rings is 1. The van der Waals surface area contributed by atoms with Gasteiger partial charge in [-0.05, 0) is 30.3 Å². The minimum absolute atomic E-state index is 0.137. The molecule has 2 aromatic rings. The summed E-state index contributed by atoms with van der Waals surface area (Å²) in [5.41, 5.74) is 0.240. The third kappa shape index (κ3) is 2.98. The maximum absolute atomic E-state index is 12.7. The third-order valence-electron chi connectivity index (χ3n) is 2.41. The lowest BCUT2D eigenvalue weighted by Crippen LogP contribution is -2.12. The van der Waals surface area contributed by atoms with E-state index in [0.717, 1.165) is 6.20 Å². The van der Waals surface area contributed by atoms with Crippen molar-refractivity contribution in [2.75, 3.05) is 12.4 Å². The lowest BCUT2D eigenvalue weighted by molar-refractivity contribution is 0.102. The molecule has 0 fully saturated rings. The molecule has 1 aromatic heterocycles. The van der Waals surface area contributed by atoms with Crippen LogP contribution in [-0.2, 0) is 0 Å². The number of carbonyl (C=O) groups excluding carboxylic acids is 1. The second-order valence-electron chi connectivity index (χ2n) is 3.70. The Morgan fingerprint density at radius 3 is 2.74 bits per heavy atom. The second-order valence-corrected chi connectivity index (χ2v) is 3.70. The first-order valence-corrected chi connectivity index (χ1v) is 5.40. The maximum atomic E-state index is 12.7. The number of phenolic OH excluding ortho intramolecular Hbond substituents is 1. The number of pyridine rings is 1. The molecule has 0 radical (unpaired) electrons. The van der Waals surface area contributed by atoms with E-state index in [0.29, 0.717) is 0 Å². The second kappa shape index (κ2) is 5.34. The van der Waals surface area contributed by atoms with Gasteiger partial charge in [-0.2, -0.15) is 0 Å². The molecular weight excluding hydrogens is 251 g/mol.